The Morgan fingerprint density at radius 1 is 0.167 bits per heavy atom. The molecule has 0 aliphatic heterocycles. The molecular formula is C60H38. The first-order valence-corrected chi connectivity index (χ1v) is 20.8. The van der Waals surface area contributed by atoms with Gasteiger partial charge in [-0.3, -0.25) is 0 Å². The van der Waals surface area contributed by atoms with Gasteiger partial charge in [-0.2, -0.15) is 0 Å². The highest BCUT2D eigenvalue weighted by Gasteiger charge is 2.18. The Kier molecular flexibility index (Phi) is 7.96. The van der Waals surface area contributed by atoms with Crippen molar-refractivity contribution >= 4 is 53.9 Å². The second kappa shape index (κ2) is 13.9. The van der Waals surface area contributed by atoms with Crippen LogP contribution in [0.2, 0.25) is 0 Å². The van der Waals surface area contributed by atoms with E-state index >= 15 is 0 Å². The zero-order valence-corrected chi connectivity index (χ0v) is 32.9. The summed E-state index contributed by atoms with van der Waals surface area (Å²) < 4.78 is 0. The maximum Gasteiger partial charge on any atom is -0.00203 e. The fourth-order valence-electron chi connectivity index (χ4n) is 9.54. The van der Waals surface area contributed by atoms with Crippen LogP contribution in [-0.2, 0) is 0 Å². The molecule has 0 heteroatoms. The van der Waals surface area contributed by atoms with E-state index in [-0.39, 0.29) is 0 Å². The molecule has 0 amide bonds. The van der Waals surface area contributed by atoms with Crippen molar-refractivity contribution in [2.45, 2.75) is 0 Å². The van der Waals surface area contributed by atoms with Gasteiger partial charge in [-0.1, -0.05) is 182 Å². The van der Waals surface area contributed by atoms with Crippen molar-refractivity contribution < 1.29 is 0 Å². The highest BCUT2D eigenvalue weighted by molar-refractivity contribution is 6.27. The zero-order chi connectivity index (χ0) is 39.6. The topological polar surface area (TPSA) is 0 Å². The van der Waals surface area contributed by atoms with Gasteiger partial charge in [0.25, 0.3) is 0 Å². The van der Waals surface area contributed by atoms with Gasteiger partial charge < -0.3 is 0 Å². The Bertz CT molecular complexity index is 3340. The van der Waals surface area contributed by atoms with E-state index in [1.807, 2.05) is 0 Å². The average Bonchev–Trinajstić information content (AvgIpc) is 3.33. The van der Waals surface area contributed by atoms with Crippen LogP contribution >= 0.6 is 0 Å². The average molecular weight is 759 g/mol. The van der Waals surface area contributed by atoms with Crippen molar-refractivity contribution in [3.63, 3.8) is 0 Å². The molecule has 12 rings (SSSR count). The summed E-state index contributed by atoms with van der Waals surface area (Å²) in [5.74, 6) is 0. The SMILES string of the molecule is c1ccc(-c2cc(-c3ccc4ccccc4c3)cc(-c3ccc4ccc5c(-c6cc(-c7ccccc7)cc(-c7ccc8ccccc8c7)c6)ccc6ccc3c4c65)c2)cc1. The summed E-state index contributed by atoms with van der Waals surface area (Å²) in [5, 5.41) is 12.7. The first kappa shape index (κ1) is 34.3. The summed E-state index contributed by atoms with van der Waals surface area (Å²) in [7, 11) is 0. The standard InChI is InChI=1S/C60H38/c1-3-11-39(12-4-1)49-33-51(47-21-19-41-15-7-9-17-45(41)31-47)37-53(35-49)55-27-23-43-26-30-58-56(28-24-44-25-29-57(55)59(43)60(44)58)54-36-50(40-13-5-2-6-14-40)34-52(38-54)48-22-20-42-16-8-10-18-46(42)32-48/h1-38H. The molecule has 0 aromatic heterocycles. The van der Waals surface area contributed by atoms with E-state index in [1.165, 1.54) is 121 Å². The number of hydrogen-bond acceptors (Lipinski definition) is 0. The van der Waals surface area contributed by atoms with Crippen LogP contribution in [0.3, 0.4) is 0 Å². The molecule has 0 nitrogen and oxygen atoms in total. The molecule has 12 aromatic carbocycles. The van der Waals surface area contributed by atoms with Crippen LogP contribution in [0.4, 0.5) is 0 Å². The van der Waals surface area contributed by atoms with Crippen molar-refractivity contribution in [2.75, 3.05) is 0 Å². The summed E-state index contributed by atoms with van der Waals surface area (Å²) >= 11 is 0. The third-order valence-electron chi connectivity index (χ3n) is 12.5. The van der Waals surface area contributed by atoms with Crippen LogP contribution in [0.5, 0.6) is 0 Å². The van der Waals surface area contributed by atoms with Crippen molar-refractivity contribution in [3.05, 3.63) is 231 Å². The first-order valence-electron chi connectivity index (χ1n) is 20.8. The number of hydrogen-bond donors (Lipinski definition) is 0. The van der Waals surface area contributed by atoms with Gasteiger partial charge in [0.2, 0.25) is 0 Å². The summed E-state index contributed by atoms with van der Waals surface area (Å²) in [6.45, 7) is 0. The summed E-state index contributed by atoms with van der Waals surface area (Å²) in [5.41, 5.74) is 14.6. The lowest BCUT2D eigenvalue weighted by Crippen LogP contribution is -1.91. The molecule has 0 N–H and O–H groups in total. The number of benzene rings is 12. The van der Waals surface area contributed by atoms with E-state index < -0.39 is 0 Å². The van der Waals surface area contributed by atoms with Crippen LogP contribution in [0, 0.1) is 0 Å². The molecule has 278 valence electrons. The van der Waals surface area contributed by atoms with Gasteiger partial charge in [-0.05, 0) is 169 Å². The molecule has 0 bridgehead atoms. The van der Waals surface area contributed by atoms with Crippen LogP contribution < -0.4 is 0 Å². The van der Waals surface area contributed by atoms with E-state index in [1.54, 1.807) is 0 Å². The fraction of sp³-hybridized carbons (Fsp3) is 0. The highest BCUT2D eigenvalue weighted by Crippen LogP contribution is 2.45. The van der Waals surface area contributed by atoms with E-state index in [0.717, 1.165) is 0 Å². The first-order chi connectivity index (χ1) is 29.7. The molecule has 0 saturated carbocycles. The van der Waals surface area contributed by atoms with Gasteiger partial charge in [0, 0.05) is 0 Å². The second-order valence-electron chi connectivity index (χ2n) is 16.1. The minimum Gasteiger partial charge on any atom is -0.0622 e. The molecule has 0 atom stereocenters. The van der Waals surface area contributed by atoms with Gasteiger partial charge in [0.15, 0.2) is 0 Å². The zero-order valence-electron chi connectivity index (χ0n) is 32.9. The Balaban J connectivity index is 1.06. The molecule has 0 aliphatic rings. The molecule has 60 heavy (non-hydrogen) atoms. The maximum absolute atomic E-state index is 2.39. The van der Waals surface area contributed by atoms with Crippen LogP contribution in [0.15, 0.2) is 231 Å². The minimum atomic E-state index is 1.21. The van der Waals surface area contributed by atoms with Crippen LogP contribution in [0.1, 0.15) is 0 Å². The minimum absolute atomic E-state index is 1.21. The highest BCUT2D eigenvalue weighted by atomic mass is 14.2. The van der Waals surface area contributed by atoms with E-state index in [9.17, 15) is 0 Å². The quantitative estimate of drug-likeness (QED) is 0.148. The van der Waals surface area contributed by atoms with Gasteiger partial charge >= 0.3 is 0 Å². The van der Waals surface area contributed by atoms with E-state index in [4.69, 9.17) is 0 Å². The Morgan fingerprint density at radius 2 is 0.500 bits per heavy atom. The lowest BCUT2D eigenvalue weighted by Gasteiger charge is -2.18. The molecule has 0 radical (unpaired) electrons. The largest absolute Gasteiger partial charge is 0.0622 e. The predicted molar refractivity (Wildman–Crippen MR) is 258 cm³/mol. The van der Waals surface area contributed by atoms with Gasteiger partial charge in [0.05, 0.1) is 0 Å². The predicted octanol–water partition coefficient (Wildman–Crippen LogP) is 16.9. The lowest BCUT2D eigenvalue weighted by atomic mass is 9.85. The third kappa shape index (κ3) is 5.84. The molecule has 0 unspecified atom stereocenters. The number of rotatable bonds is 6. The van der Waals surface area contributed by atoms with Crippen molar-refractivity contribution in [1.82, 2.24) is 0 Å². The summed E-state index contributed by atoms with van der Waals surface area (Å²) in [6, 6.07) is 85.3. The summed E-state index contributed by atoms with van der Waals surface area (Å²) in [4.78, 5) is 0. The van der Waals surface area contributed by atoms with Crippen molar-refractivity contribution in [3.8, 4) is 66.8 Å². The number of fused-ring (bicyclic) bond motifs is 2. The Labute approximate surface area is 349 Å². The molecule has 0 saturated heterocycles. The fourth-order valence-corrected chi connectivity index (χ4v) is 9.54. The van der Waals surface area contributed by atoms with Gasteiger partial charge in [-0.25, -0.2) is 0 Å². The lowest BCUT2D eigenvalue weighted by molar-refractivity contribution is 1.58. The molecule has 0 fully saturated rings. The van der Waals surface area contributed by atoms with E-state index in [2.05, 4.69) is 231 Å². The Hall–Kier alpha value is -7.80. The molecule has 0 aliphatic carbocycles. The van der Waals surface area contributed by atoms with Gasteiger partial charge in [0.1, 0.15) is 0 Å². The van der Waals surface area contributed by atoms with Gasteiger partial charge in [-0.15, -0.1) is 0 Å². The summed E-state index contributed by atoms with van der Waals surface area (Å²) in [6.07, 6.45) is 0. The molecule has 12 aromatic rings. The monoisotopic (exact) mass is 758 g/mol. The molecule has 0 spiro atoms. The Morgan fingerprint density at radius 3 is 0.933 bits per heavy atom. The normalized spacial score (nSPS) is 11.7. The molecular weight excluding hydrogens is 721 g/mol. The molecule has 0 heterocycles. The second-order valence-corrected chi connectivity index (χ2v) is 16.1. The van der Waals surface area contributed by atoms with Crippen LogP contribution in [0.25, 0.3) is 121 Å². The smallest absolute Gasteiger partial charge is 0.00203 e. The van der Waals surface area contributed by atoms with Crippen molar-refractivity contribution in [2.24, 2.45) is 0 Å². The van der Waals surface area contributed by atoms with E-state index in [0.29, 0.717) is 0 Å². The van der Waals surface area contributed by atoms with Crippen molar-refractivity contribution in [1.29, 1.82) is 0 Å². The maximum atomic E-state index is 2.39. The third-order valence-corrected chi connectivity index (χ3v) is 12.5. The van der Waals surface area contributed by atoms with Crippen LogP contribution in [-0.4, -0.2) is 0 Å².